The molecule has 1 heterocycles. The van der Waals surface area contributed by atoms with Gasteiger partial charge in [0.05, 0.1) is 23.9 Å². The lowest BCUT2D eigenvalue weighted by Gasteiger charge is -2.11. The zero-order valence-corrected chi connectivity index (χ0v) is 22.1. The van der Waals surface area contributed by atoms with Crippen LogP contribution in [0.1, 0.15) is 22.8 Å². The van der Waals surface area contributed by atoms with E-state index in [1.54, 1.807) is 42.1 Å². The third-order valence-corrected chi connectivity index (χ3v) is 6.24. The molecule has 0 aliphatic rings. The average Bonchev–Trinajstić information content (AvgIpc) is 3.32. The van der Waals surface area contributed by atoms with Crippen molar-refractivity contribution in [3.05, 3.63) is 114 Å². The van der Waals surface area contributed by atoms with Crippen LogP contribution in [0.2, 0.25) is 0 Å². The molecule has 5 aromatic rings. The summed E-state index contributed by atoms with van der Waals surface area (Å²) in [4.78, 5) is 24.9. The molecular formula is C32H26FN3O4. The zero-order valence-electron chi connectivity index (χ0n) is 22.1. The normalized spacial score (nSPS) is 10.7. The van der Waals surface area contributed by atoms with Crippen LogP contribution in [0, 0.1) is 12.7 Å². The van der Waals surface area contributed by atoms with Gasteiger partial charge in [-0.25, -0.2) is 4.39 Å². The second kappa shape index (κ2) is 11.2. The number of esters is 1. The summed E-state index contributed by atoms with van der Waals surface area (Å²) in [5.74, 6) is -0.705. The molecule has 0 saturated carbocycles. The van der Waals surface area contributed by atoms with Crippen LogP contribution in [0.3, 0.4) is 0 Å². The fourth-order valence-corrected chi connectivity index (χ4v) is 4.34. The molecule has 4 aromatic carbocycles. The summed E-state index contributed by atoms with van der Waals surface area (Å²) in [6.45, 7) is 3.31. The average molecular weight is 536 g/mol. The Bertz CT molecular complexity index is 1690. The Hall–Kier alpha value is -5.24. The number of nitrogens with one attached hydrogen (secondary N) is 1. The van der Waals surface area contributed by atoms with Gasteiger partial charge in [0, 0.05) is 18.2 Å². The summed E-state index contributed by atoms with van der Waals surface area (Å²) in [5.41, 5.74) is 4.83. The first-order chi connectivity index (χ1) is 19.3. The second-order valence-corrected chi connectivity index (χ2v) is 9.11. The summed E-state index contributed by atoms with van der Waals surface area (Å²) in [6.07, 6.45) is 0. The number of aryl methyl sites for hydroxylation is 1. The number of anilines is 1. The number of rotatable bonds is 7. The molecule has 1 aromatic heterocycles. The highest BCUT2D eigenvalue weighted by atomic mass is 19.1. The summed E-state index contributed by atoms with van der Waals surface area (Å²) in [6, 6.07) is 27.9. The number of nitrogens with zero attached hydrogens (tertiary/aromatic N) is 2. The molecule has 0 unspecified atom stereocenters. The van der Waals surface area contributed by atoms with Crippen molar-refractivity contribution in [3.8, 4) is 39.7 Å². The number of methoxy groups -OCH3 is 1. The Morgan fingerprint density at radius 3 is 2.23 bits per heavy atom. The van der Waals surface area contributed by atoms with E-state index in [2.05, 4.69) is 5.32 Å². The number of benzene rings is 4. The van der Waals surface area contributed by atoms with Gasteiger partial charge in [-0.05, 0) is 78.7 Å². The van der Waals surface area contributed by atoms with Crippen molar-refractivity contribution >= 4 is 17.6 Å². The van der Waals surface area contributed by atoms with E-state index in [1.807, 2.05) is 55.5 Å². The van der Waals surface area contributed by atoms with E-state index in [-0.39, 0.29) is 11.4 Å². The smallest absolute Gasteiger partial charge is 0.309 e. The number of hydrogen-bond donors (Lipinski definition) is 1. The van der Waals surface area contributed by atoms with Crippen LogP contribution >= 0.6 is 0 Å². The van der Waals surface area contributed by atoms with Gasteiger partial charge in [-0.15, -0.1) is 0 Å². The number of amides is 1. The number of halogens is 1. The van der Waals surface area contributed by atoms with E-state index in [4.69, 9.17) is 14.6 Å². The van der Waals surface area contributed by atoms with Crippen LogP contribution in [0.4, 0.5) is 10.1 Å². The third kappa shape index (κ3) is 5.47. The van der Waals surface area contributed by atoms with Crippen molar-refractivity contribution in [2.24, 2.45) is 0 Å². The Labute approximate surface area is 230 Å². The molecule has 1 amide bonds. The number of carbonyl (C=O) groups is 2. The molecule has 0 aliphatic carbocycles. The van der Waals surface area contributed by atoms with E-state index in [0.29, 0.717) is 28.3 Å². The van der Waals surface area contributed by atoms with Crippen LogP contribution in [-0.4, -0.2) is 28.8 Å². The van der Waals surface area contributed by atoms with E-state index >= 15 is 0 Å². The van der Waals surface area contributed by atoms with E-state index < -0.39 is 17.7 Å². The maximum absolute atomic E-state index is 14.1. The minimum Gasteiger partial charge on any atom is -0.497 e. The molecule has 0 saturated heterocycles. The monoisotopic (exact) mass is 535 g/mol. The molecule has 0 fully saturated rings. The van der Waals surface area contributed by atoms with E-state index in [1.165, 1.54) is 25.1 Å². The third-order valence-electron chi connectivity index (χ3n) is 6.24. The van der Waals surface area contributed by atoms with Gasteiger partial charge in [-0.1, -0.05) is 36.4 Å². The molecule has 0 atom stereocenters. The number of ether oxygens (including phenoxy) is 2. The van der Waals surface area contributed by atoms with Gasteiger partial charge in [-0.3, -0.25) is 9.59 Å². The number of carbonyl (C=O) groups excluding carboxylic acids is 2. The lowest BCUT2D eigenvalue weighted by molar-refractivity contribution is -0.132. The van der Waals surface area contributed by atoms with Gasteiger partial charge in [0.15, 0.2) is 0 Å². The molecule has 0 bridgehead atoms. The first-order valence-corrected chi connectivity index (χ1v) is 12.5. The minimum atomic E-state index is -0.602. The van der Waals surface area contributed by atoms with Crippen LogP contribution in [0.15, 0.2) is 97.1 Å². The molecule has 40 heavy (non-hydrogen) atoms. The quantitative estimate of drug-likeness (QED) is 0.231. The highest BCUT2D eigenvalue weighted by Crippen LogP contribution is 2.41. The summed E-state index contributed by atoms with van der Waals surface area (Å²) in [7, 11) is 1.60. The van der Waals surface area contributed by atoms with Crippen molar-refractivity contribution in [3.63, 3.8) is 0 Å². The van der Waals surface area contributed by atoms with Gasteiger partial charge < -0.3 is 14.8 Å². The summed E-state index contributed by atoms with van der Waals surface area (Å²) < 4.78 is 26.8. The molecule has 200 valence electrons. The molecule has 7 nitrogen and oxygen atoms in total. The van der Waals surface area contributed by atoms with Gasteiger partial charge in [0.25, 0.3) is 5.91 Å². The fourth-order valence-electron chi connectivity index (χ4n) is 4.34. The maximum atomic E-state index is 14.1. The standard InChI is InChI=1S/C32H26FN3O4/c1-20-7-6-8-25(19-20)36-32(40-21(2)37)29(30(35-36)23-13-17-26(39-3)18-14-23)22-11-15-24(16-12-22)34-31(38)27-9-4-5-10-28(27)33/h4-19H,1-3H3,(H,34,38). The lowest BCUT2D eigenvalue weighted by atomic mass is 10.0. The summed E-state index contributed by atoms with van der Waals surface area (Å²) in [5, 5.41) is 7.61. The SMILES string of the molecule is COc1ccc(-c2nn(-c3cccc(C)c3)c(OC(C)=O)c2-c2ccc(NC(=O)c3ccccc3F)cc2)cc1. The highest BCUT2D eigenvalue weighted by Gasteiger charge is 2.25. The van der Waals surface area contributed by atoms with Crippen LogP contribution in [0.25, 0.3) is 28.1 Å². The maximum Gasteiger partial charge on any atom is 0.309 e. The molecule has 0 aliphatic heterocycles. The van der Waals surface area contributed by atoms with Crippen molar-refractivity contribution in [1.82, 2.24) is 9.78 Å². The lowest BCUT2D eigenvalue weighted by Crippen LogP contribution is -2.13. The van der Waals surface area contributed by atoms with Crippen molar-refractivity contribution in [1.29, 1.82) is 0 Å². The van der Waals surface area contributed by atoms with Crippen molar-refractivity contribution in [2.75, 3.05) is 12.4 Å². The van der Waals surface area contributed by atoms with Gasteiger partial charge in [-0.2, -0.15) is 9.78 Å². The Morgan fingerprint density at radius 1 is 0.875 bits per heavy atom. The predicted octanol–water partition coefficient (Wildman–Crippen LogP) is 6.84. The highest BCUT2D eigenvalue weighted by molar-refractivity contribution is 6.04. The van der Waals surface area contributed by atoms with Gasteiger partial charge in [0.2, 0.25) is 5.88 Å². The molecule has 5 rings (SSSR count). The molecular weight excluding hydrogens is 509 g/mol. The summed E-state index contributed by atoms with van der Waals surface area (Å²) >= 11 is 0. The Kier molecular flexibility index (Phi) is 7.41. The van der Waals surface area contributed by atoms with E-state index in [0.717, 1.165) is 16.8 Å². The first kappa shape index (κ1) is 26.4. The van der Waals surface area contributed by atoms with Crippen LogP contribution < -0.4 is 14.8 Å². The van der Waals surface area contributed by atoms with E-state index in [9.17, 15) is 14.0 Å². The van der Waals surface area contributed by atoms with Crippen LogP contribution in [-0.2, 0) is 4.79 Å². The molecule has 8 heteroatoms. The Morgan fingerprint density at radius 2 is 1.57 bits per heavy atom. The minimum absolute atomic E-state index is 0.0510. The predicted molar refractivity (Wildman–Crippen MR) is 151 cm³/mol. The second-order valence-electron chi connectivity index (χ2n) is 9.11. The first-order valence-electron chi connectivity index (χ1n) is 12.5. The molecule has 0 radical (unpaired) electrons. The topological polar surface area (TPSA) is 82.4 Å². The van der Waals surface area contributed by atoms with Gasteiger partial charge >= 0.3 is 5.97 Å². The molecule has 1 N–H and O–H groups in total. The molecule has 0 spiro atoms. The van der Waals surface area contributed by atoms with Gasteiger partial charge in [0.1, 0.15) is 17.3 Å². The largest absolute Gasteiger partial charge is 0.497 e. The van der Waals surface area contributed by atoms with Crippen molar-refractivity contribution in [2.45, 2.75) is 13.8 Å². The number of hydrogen-bond acceptors (Lipinski definition) is 5. The zero-order chi connectivity index (χ0) is 28.2. The Balaban J connectivity index is 1.62. The fraction of sp³-hybridized carbons (Fsp3) is 0.0938. The van der Waals surface area contributed by atoms with Crippen LogP contribution in [0.5, 0.6) is 11.6 Å². The van der Waals surface area contributed by atoms with Crippen molar-refractivity contribution < 1.29 is 23.5 Å². The number of aromatic nitrogens is 2.